The molecule has 0 aliphatic carbocycles. The van der Waals surface area contributed by atoms with Gasteiger partial charge in [-0.15, -0.1) is 0 Å². The topological polar surface area (TPSA) is 39.9 Å². The van der Waals surface area contributed by atoms with Gasteiger partial charge in [0.05, 0.1) is 0 Å². The van der Waals surface area contributed by atoms with Crippen molar-refractivity contribution < 1.29 is 4.74 Å². The van der Waals surface area contributed by atoms with Crippen molar-refractivity contribution >= 4 is 22.9 Å². The van der Waals surface area contributed by atoms with Gasteiger partial charge in [0.1, 0.15) is 17.4 Å². The summed E-state index contributed by atoms with van der Waals surface area (Å²) in [5.41, 5.74) is 2.05. The highest BCUT2D eigenvalue weighted by Gasteiger charge is 2.28. The highest BCUT2D eigenvalue weighted by molar-refractivity contribution is 7.99. The molecule has 0 bridgehead atoms. The SMILES string of the molecule is c1cnc2c(c1)nc(C1CCCCO1)n2C1CCCSC1. The fraction of sp³-hybridized carbons (Fsp3) is 0.625. The Hall–Kier alpha value is -1.07. The molecule has 2 aliphatic heterocycles. The minimum Gasteiger partial charge on any atom is -0.370 e. The molecule has 4 heterocycles. The number of thioether (sulfide) groups is 1. The van der Waals surface area contributed by atoms with Crippen molar-refractivity contribution in [3.8, 4) is 0 Å². The molecule has 2 unspecified atom stereocenters. The Balaban J connectivity index is 1.79. The molecule has 21 heavy (non-hydrogen) atoms. The van der Waals surface area contributed by atoms with Crippen LogP contribution < -0.4 is 0 Å². The van der Waals surface area contributed by atoms with Gasteiger partial charge in [0.25, 0.3) is 0 Å². The monoisotopic (exact) mass is 303 g/mol. The summed E-state index contributed by atoms with van der Waals surface area (Å²) < 4.78 is 8.39. The predicted octanol–water partition coefficient (Wildman–Crippen LogP) is 3.74. The van der Waals surface area contributed by atoms with Gasteiger partial charge in [0, 0.05) is 24.6 Å². The summed E-state index contributed by atoms with van der Waals surface area (Å²) in [5.74, 6) is 3.56. The number of fused-ring (bicyclic) bond motifs is 1. The van der Waals surface area contributed by atoms with E-state index in [4.69, 9.17) is 9.72 Å². The van der Waals surface area contributed by atoms with Gasteiger partial charge in [0.15, 0.2) is 5.65 Å². The molecule has 0 spiro atoms. The maximum atomic E-state index is 6.01. The van der Waals surface area contributed by atoms with E-state index in [9.17, 15) is 0 Å². The third kappa shape index (κ3) is 2.57. The first-order chi connectivity index (χ1) is 10.4. The van der Waals surface area contributed by atoms with Crippen molar-refractivity contribution in [3.63, 3.8) is 0 Å². The highest BCUT2D eigenvalue weighted by Crippen LogP contribution is 2.35. The fourth-order valence-electron chi connectivity index (χ4n) is 3.41. The van der Waals surface area contributed by atoms with Crippen LogP contribution in [0.1, 0.15) is 50.1 Å². The minimum atomic E-state index is 0.153. The molecule has 112 valence electrons. The molecule has 5 heteroatoms. The van der Waals surface area contributed by atoms with Gasteiger partial charge in [-0.3, -0.25) is 0 Å². The summed E-state index contributed by atoms with van der Waals surface area (Å²) >= 11 is 2.05. The molecule has 4 nitrogen and oxygen atoms in total. The van der Waals surface area contributed by atoms with Crippen LogP contribution >= 0.6 is 11.8 Å². The molecular formula is C16H21N3OS. The first-order valence-corrected chi connectivity index (χ1v) is 9.11. The molecular weight excluding hydrogens is 282 g/mol. The molecule has 2 aromatic heterocycles. The summed E-state index contributed by atoms with van der Waals surface area (Å²) in [6.07, 6.45) is 8.04. The van der Waals surface area contributed by atoms with Crippen LogP contribution in [0.5, 0.6) is 0 Å². The lowest BCUT2D eigenvalue weighted by molar-refractivity contribution is 0.00688. The van der Waals surface area contributed by atoms with E-state index in [-0.39, 0.29) is 6.10 Å². The lowest BCUT2D eigenvalue weighted by Crippen LogP contribution is -2.23. The molecule has 0 amide bonds. The normalized spacial score (nSPS) is 27.0. The zero-order valence-corrected chi connectivity index (χ0v) is 13.0. The van der Waals surface area contributed by atoms with Gasteiger partial charge in [-0.1, -0.05) is 0 Å². The van der Waals surface area contributed by atoms with Gasteiger partial charge < -0.3 is 9.30 Å². The Morgan fingerprint density at radius 1 is 1.24 bits per heavy atom. The Kier molecular flexibility index (Phi) is 3.86. The van der Waals surface area contributed by atoms with E-state index in [1.807, 2.05) is 24.0 Å². The summed E-state index contributed by atoms with van der Waals surface area (Å²) in [6.45, 7) is 0.862. The molecule has 2 saturated heterocycles. The number of rotatable bonds is 2. The lowest BCUT2D eigenvalue weighted by Gasteiger charge is -2.28. The van der Waals surface area contributed by atoms with Crippen LogP contribution in [0, 0.1) is 0 Å². The van der Waals surface area contributed by atoms with E-state index in [0.717, 1.165) is 30.0 Å². The van der Waals surface area contributed by atoms with Crippen LogP contribution in [-0.4, -0.2) is 32.6 Å². The summed E-state index contributed by atoms with van der Waals surface area (Å²) in [6, 6.07) is 4.56. The number of pyridine rings is 1. The van der Waals surface area contributed by atoms with E-state index in [2.05, 4.69) is 15.6 Å². The van der Waals surface area contributed by atoms with Crippen molar-refractivity contribution in [2.45, 2.75) is 44.2 Å². The average molecular weight is 303 g/mol. The standard InChI is InChI=1S/C16H21N3OS/c1-2-9-20-14(7-1)16-18-13-6-3-8-17-15(13)19(16)12-5-4-10-21-11-12/h3,6,8,12,14H,1-2,4-5,7,9-11H2. The molecule has 0 saturated carbocycles. The highest BCUT2D eigenvalue weighted by atomic mass is 32.2. The largest absolute Gasteiger partial charge is 0.370 e. The molecule has 0 aromatic carbocycles. The van der Waals surface area contributed by atoms with E-state index in [0.29, 0.717) is 6.04 Å². The molecule has 2 fully saturated rings. The van der Waals surface area contributed by atoms with Crippen LogP contribution in [0.4, 0.5) is 0 Å². The van der Waals surface area contributed by atoms with Crippen LogP contribution in [0.25, 0.3) is 11.2 Å². The van der Waals surface area contributed by atoms with Gasteiger partial charge in [0.2, 0.25) is 0 Å². The van der Waals surface area contributed by atoms with Crippen molar-refractivity contribution in [1.82, 2.24) is 14.5 Å². The zero-order chi connectivity index (χ0) is 14.1. The van der Waals surface area contributed by atoms with Crippen LogP contribution in [0.3, 0.4) is 0 Å². The van der Waals surface area contributed by atoms with Gasteiger partial charge in [-0.05, 0) is 50.0 Å². The van der Waals surface area contributed by atoms with E-state index < -0.39 is 0 Å². The number of imidazole rings is 1. The number of nitrogens with zero attached hydrogens (tertiary/aromatic N) is 3. The Bertz CT molecular complexity index is 615. The molecule has 2 atom stereocenters. The second-order valence-electron chi connectivity index (χ2n) is 5.91. The maximum Gasteiger partial charge on any atom is 0.160 e. The van der Waals surface area contributed by atoms with Crippen LogP contribution in [-0.2, 0) is 4.74 Å². The number of hydrogen-bond donors (Lipinski definition) is 0. The predicted molar refractivity (Wildman–Crippen MR) is 85.7 cm³/mol. The molecule has 0 radical (unpaired) electrons. The van der Waals surface area contributed by atoms with Crippen LogP contribution in [0.2, 0.25) is 0 Å². The second kappa shape index (κ2) is 5.97. The Morgan fingerprint density at radius 3 is 3.05 bits per heavy atom. The zero-order valence-electron chi connectivity index (χ0n) is 12.2. The third-order valence-corrected chi connectivity index (χ3v) is 5.64. The smallest absolute Gasteiger partial charge is 0.160 e. The lowest BCUT2D eigenvalue weighted by atomic mass is 10.1. The average Bonchev–Trinajstić information content (AvgIpc) is 2.96. The molecule has 2 aliphatic rings. The van der Waals surface area contributed by atoms with Crippen LogP contribution in [0.15, 0.2) is 18.3 Å². The number of hydrogen-bond acceptors (Lipinski definition) is 4. The molecule has 0 N–H and O–H groups in total. The quantitative estimate of drug-likeness (QED) is 0.847. The van der Waals surface area contributed by atoms with Gasteiger partial charge in [-0.2, -0.15) is 11.8 Å². The minimum absolute atomic E-state index is 0.153. The van der Waals surface area contributed by atoms with Crippen molar-refractivity contribution in [2.75, 3.05) is 18.1 Å². The number of aromatic nitrogens is 3. The Morgan fingerprint density at radius 2 is 2.24 bits per heavy atom. The number of ether oxygens (including phenoxy) is 1. The maximum absolute atomic E-state index is 6.01. The molecule has 2 aromatic rings. The first kappa shape index (κ1) is 13.6. The van der Waals surface area contributed by atoms with Crippen molar-refractivity contribution in [1.29, 1.82) is 0 Å². The van der Waals surface area contributed by atoms with Crippen molar-refractivity contribution in [3.05, 3.63) is 24.2 Å². The van der Waals surface area contributed by atoms with E-state index in [1.165, 1.54) is 37.2 Å². The first-order valence-electron chi connectivity index (χ1n) is 7.95. The third-order valence-electron chi connectivity index (χ3n) is 4.45. The fourth-order valence-corrected chi connectivity index (χ4v) is 4.53. The summed E-state index contributed by atoms with van der Waals surface area (Å²) in [4.78, 5) is 9.49. The van der Waals surface area contributed by atoms with Gasteiger partial charge in [-0.25, -0.2) is 9.97 Å². The van der Waals surface area contributed by atoms with E-state index >= 15 is 0 Å². The van der Waals surface area contributed by atoms with Gasteiger partial charge >= 0.3 is 0 Å². The second-order valence-corrected chi connectivity index (χ2v) is 7.06. The summed E-state index contributed by atoms with van der Waals surface area (Å²) in [5, 5.41) is 0. The Labute approximate surface area is 129 Å². The van der Waals surface area contributed by atoms with Crippen molar-refractivity contribution in [2.24, 2.45) is 0 Å². The molecule has 4 rings (SSSR count). The summed E-state index contributed by atoms with van der Waals surface area (Å²) in [7, 11) is 0. The van der Waals surface area contributed by atoms with E-state index in [1.54, 1.807) is 0 Å².